The molecule has 72 valence electrons. The van der Waals surface area contributed by atoms with Gasteiger partial charge in [0.1, 0.15) is 5.52 Å². The van der Waals surface area contributed by atoms with E-state index in [9.17, 15) is 0 Å². The van der Waals surface area contributed by atoms with Crippen molar-refractivity contribution in [2.24, 2.45) is 0 Å². The van der Waals surface area contributed by atoms with Crippen LogP contribution in [0, 0.1) is 0 Å². The number of halogens is 2. The summed E-state index contributed by atoms with van der Waals surface area (Å²) in [6, 6.07) is 5.63. The van der Waals surface area contributed by atoms with Crippen LogP contribution in [0.5, 0.6) is 5.88 Å². The molecule has 0 aliphatic carbocycles. The monoisotopic (exact) mass is 272 g/mol. The highest BCUT2D eigenvalue weighted by atomic mass is 79.9. The van der Waals surface area contributed by atoms with Crippen molar-refractivity contribution in [3.63, 3.8) is 0 Å². The summed E-state index contributed by atoms with van der Waals surface area (Å²) in [4.78, 5) is 8.38. The van der Waals surface area contributed by atoms with Crippen LogP contribution in [0.3, 0.4) is 0 Å². The molecule has 0 amide bonds. The van der Waals surface area contributed by atoms with E-state index in [2.05, 4.69) is 25.9 Å². The van der Waals surface area contributed by atoms with Crippen molar-refractivity contribution < 1.29 is 4.74 Å². The van der Waals surface area contributed by atoms with Gasteiger partial charge in [0, 0.05) is 4.47 Å². The number of hydrogen-bond donors (Lipinski definition) is 0. The zero-order valence-electron chi connectivity index (χ0n) is 7.29. The molecule has 0 unspecified atom stereocenters. The molecule has 0 radical (unpaired) electrons. The molecule has 0 saturated heterocycles. The Morgan fingerprint density at radius 3 is 2.86 bits per heavy atom. The highest BCUT2D eigenvalue weighted by Crippen LogP contribution is 2.26. The van der Waals surface area contributed by atoms with Crippen molar-refractivity contribution >= 4 is 38.6 Å². The molecular formula is C9H6BrClN2O. The SMILES string of the molecule is COc1nc2cccc(Br)c2nc1Cl. The van der Waals surface area contributed by atoms with Gasteiger partial charge in [-0.1, -0.05) is 17.7 Å². The van der Waals surface area contributed by atoms with E-state index in [4.69, 9.17) is 16.3 Å². The molecule has 0 atom stereocenters. The predicted octanol–water partition coefficient (Wildman–Crippen LogP) is 3.05. The second-order valence-corrected chi connectivity index (χ2v) is 3.84. The van der Waals surface area contributed by atoms with Crippen molar-refractivity contribution in [2.45, 2.75) is 0 Å². The number of benzene rings is 1. The van der Waals surface area contributed by atoms with Gasteiger partial charge >= 0.3 is 0 Å². The highest BCUT2D eigenvalue weighted by Gasteiger charge is 2.08. The third-order valence-corrected chi connectivity index (χ3v) is 2.65. The van der Waals surface area contributed by atoms with Crippen molar-refractivity contribution in [1.82, 2.24) is 9.97 Å². The van der Waals surface area contributed by atoms with E-state index in [-0.39, 0.29) is 5.15 Å². The number of ether oxygens (including phenoxy) is 1. The Morgan fingerprint density at radius 2 is 2.14 bits per heavy atom. The molecule has 1 aromatic heterocycles. The second kappa shape index (κ2) is 3.71. The van der Waals surface area contributed by atoms with E-state index < -0.39 is 0 Å². The van der Waals surface area contributed by atoms with E-state index >= 15 is 0 Å². The topological polar surface area (TPSA) is 35.0 Å². The summed E-state index contributed by atoms with van der Waals surface area (Å²) >= 11 is 9.23. The lowest BCUT2D eigenvalue weighted by molar-refractivity contribution is 0.398. The van der Waals surface area contributed by atoms with Crippen LogP contribution in [-0.2, 0) is 0 Å². The number of para-hydroxylation sites is 1. The minimum absolute atomic E-state index is 0.270. The normalized spacial score (nSPS) is 10.5. The average Bonchev–Trinajstić information content (AvgIpc) is 2.19. The summed E-state index contributed by atoms with van der Waals surface area (Å²) in [5.41, 5.74) is 1.49. The number of aromatic nitrogens is 2. The number of methoxy groups -OCH3 is 1. The minimum Gasteiger partial charge on any atom is -0.479 e. The Labute approximate surface area is 94.2 Å². The van der Waals surface area contributed by atoms with Gasteiger partial charge in [-0.25, -0.2) is 9.97 Å². The Bertz CT molecular complexity index is 489. The van der Waals surface area contributed by atoms with Gasteiger partial charge in [-0.2, -0.15) is 0 Å². The number of rotatable bonds is 1. The molecule has 0 bridgehead atoms. The quantitative estimate of drug-likeness (QED) is 0.801. The maximum Gasteiger partial charge on any atom is 0.252 e. The molecule has 0 spiro atoms. The third kappa shape index (κ3) is 1.55. The summed E-state index contributed by atoms with van der Waals surface area (Å²) in [6.07, 6.45) is 0. The van der Waals surface area contributed by atoms with Crippen molar-refractivity contribution in [1.29, 1.82) is 0 Å². The van der Waals surface area contributed by atoms with E-state index in [1.807, 2.05) is 18.2 Å². The highest BCUT2D eigenvalue weighted by molar-refractivity contribution is 9.10. The summed E-state index contributed by atoms with van der Waals surface area (Å²) in [5.74, 6) is 0.345. The van der Waals surface area contributed by atoms with Crippen molar-refractivity contribution in [3.8, 4) is 5.88 Å². The van der Waals surface area contributed by atoms with E-state index in [1.165, 1.54) is 7.11 Å². The van der Waals surface area contributed by atoms with Crippen LogP contribution >= 0.6 is 27.5 Å². The molecule has 0 N–H and O–H groups in total. The maximum absolute atomic E-state index is 5.86. The summed E-state index contributed by atoms with van der Waals surface area (Å²) < 4.78 is 5.84. The lowest BCUT2D eigenvalue weighted by atomic mass is 10.3. The van der Waals surface area contributed by atoms with Crippen LogP contribution in [0.1, 0.15) is 0 Å². The summed E-state index contributed by atoms with van der Waals surface area (Å²) in [6.45, 7) is 0. The summed E-state index contributed by atoms with van der Waals surface area (Å²) in [7, 11) is 1.51. The van der Waals surface area contributed by atoms with Crippen LogP contribution in [0.25, 0.3) is 11.0 Å². The predicted molar refractivity (Wildman–Crippen MR) is 58.8 cm³/mol. The number of hydrogen-bond acceptors (Lipinski definition) is 3. The third-order valence-electron chi connectivity index (χ3n) is 1.77. The van der Waals surface area contributed by atoms with Gasteiger partial charge in [0.25, 0.3) is 5.88 Å². The summed E-state index contributed by atoms with van der Waals surface area (Å²) in [5, 5.41) is 0.270. The first-order chi connectivity index (χ1) is 6.72. The van der Waals surface area contributed by atoms with E-state index in [0.717, 1.165) is 15.5 Å². The van der Waals surface area contributed by atoms with Crippen molar-refractivity contribution in [3.05, 3.63) is 27.8 Å². The largest absolute Gasteiger partial charge is 0.479 e. The average molecular weight is 274 g/mol. The first kappa shape index (κ1) is 9.68. The van der Waals surface area contributed by atoms with Crippen LogP contribution < -0.4 is 4.74 Å². The molecule has 0 fully saturated rings. The first-order valence-corrected chi connectivity index (χ1v) is 5.05. The zero-order chi connectivity index (χ0) is 10.1. The first-order valence-electron chi connectivity index (χ1n) is 3.88. The van der Waals surface area contributed by atoms with Gasteiger partial charge in [-0.15, -0.1) is 0 Å². The minimum atomic E-state index is 0.270. The van der Waals surface area contributed by atoms with Gasteiger partial charge < -0.3 is 4.74 Å². The van der Waals surface area contributed by atoms with Gasteiger partial charge in [-0.3, -0.25) is 0 Å². The zero-order valence-corrected chi connectivity index (χ0v) is 9.63. The smallest absolute Gasteiger partial charge is 0.252 e. The van der Waals surface area contributed by atoms with Crippen LogP contribution in [0.4, 0.5) is 0 Å². The van der Waals surface area contributed by atoms with Gasteiger partial charge in [0.05, 0.1) is 12.6 Å². The standard InChI is InChI=1S/C9H6BrClN2O/c1-14-9-8(11)13-7-5(10)3-2-4-6(7)12-9/h2-4H,1H3. The van der Waals surface area contributed by atoms with Gasteiger partial charge in [0.15, 0.2) is 5.15 Å². The fourth-order valence-corrected chi connectivity index (χ4v) is 1.78. The maximum atomic E-state index is 5.86. The molecule has 2 aromatic rings. The van der Waals surface area contributed by atoms with Gasteiger partial charge in [-0.05, 0) is 28.1 Å². The fourth-order valence-electron chi connectivity index (χ4n) is 1.14. The van der Waals surface area contributed by atoms with E-state index in [0.29, 0.717) is 5.88 Å². The van der Waals surface area contributed by atoms with E-state index in [1.54, 1.807) is 0 Å². The lowest BCUT2D eigenvalue weighted by Crippen LogP contribution is -1.93. The van der Waals surface area contributed by atoms with Crippen LogP contribution in [0.2, 0.25) is 5.15 Å². The Hall–Kier alpha value is -0.870. The second-order valence-electron chi connectivity index (χ2n) is 2.63. The molecule has 5 heteroatoms. The molecule has 2 rings (SSSR count). The molecule has 1 heterocycles. The lowest BCUT2D eigenvalue weighted by Gasteiger charge is -2.03. The van der Waals surface area contributed by atoms with Crippen LogP contribution in [0.15, 0.2) is 22.7 Å². The Kier molecular flexibility index (Phi) is 2.56. The molecule has 0 aliphatic rings. The molecule has 3 nitrogen and oxygen atoms in total. The fraction of sp³-hybridized carbons (Fsp3) is 0.111. The molecule has 1 aromatic carbocycles. The van der Waals surface area contributed by atoms with Crippen molar-refractivity contribution in [2.75, 3.05) is 7.11 Å². The van der Waals surface area contributed by atoms with Gasteiger partial charge in [0.2, 0.25) is 0 Å². The molecule has 14 heavy (non-hydrogen) atoms. The molecule has 0 saturated carbocycles. The molecule has 0 aliphatic heterocycles. The number of fused-ring (bicyclic) bond motifs is 1. The van der Waals surface area contributed by atoms with Crippen LogP contribution in [-0.4, -0.2) is 17.1 Å². The number of nitrogens with zero attached hydrogens (tertiary/aromatic N) is 2. The Balaban J connectivity index is 2.79. The molecular weight excluding hydrogens is 267 g/mol. The Morgan fingerprint density at radius 1 is 1.36 bits per heavy atom.